The molecule has 0 radical (unpaired) electrons. The zero-order chi connectivity index (χ0) is 33.2. The number of nitrogens with one attached hydrogen (secondary N) is 2. The fourth-order valence-corrected chi connectivity index (χ4v) is 5.65. The zero-order valence-corrected chi connectivity index (χ0v) is 28.0. The minimum atomic E-state index is -0.616. The van der Waals surface area contributed by atoms with Crippen molar-refractivity contribution in [2.75, 3.05) is 29.4 Å². The third kappa shape index (κ3) is 7.91. The van der Waals surface area contributed by atoms with Crippen molar-refractivity contribution in [1.82, 2.24) is 10.6 Å². The molecule has 4 rings (SSSR count). The number of nitrogens with zero attached hydrogens (tertiary/aromatic N) is 2. The normalized spacial score (nSPS) is 11.6. The Labute approximate surface area is 273 Å². The molecule has 46 heavy (non-hydrogen) atoms. The molecule has 0 spiro atoms. The Balaban J connectivity index is 1.79. The zero-order valence-electron chi connectivity index (χ0n) is 28.0. The quantitative estimate of drug-likeness (QED) is 0.0965. The maximum absolute atomic E-state index is 13.9. The van der Waals surface area contributed by atoms with E-state index in [-0.39, 0.29) is 17.3 Å². The summed E-state index contributed by atoms with van der Waals surface area (Å²) in [5.74, 6) is 0.0497. The molecule has 0 aliphatic carbocycles. The van der Waals surface area contributed by atoms with Crippen LogP contribution in [0.15, 0.2) is 72.8 Å². The fourth-order valence-electron chi connectivity index (χ4n) is 5.65. The summed E-state index contributed by atoms with van der Waals surface area (Å²) in [6.45, 7) is 14.6. The van der Waals surface area contributed by atoms with E-state index in [4.69, 9.17) is 4.74 Å². The van der Waals surface area contributed by atoms with E-state index in [1.807, 2.05) is 75.4 Å². The molecule has 4 aromatic carbocycles. The Morgan fingerprint density at radius 3 is 2.15 bits per heavy atom. The van der Waals surface area contributed by atoms with Gasteiger partial charge in [0.05, 0.1) is 16.9 Å². The van der Waals surface area contributed by atoms with Crippen LogP contribution in [0.25, 0.3) is 10.8 Å². The second-order valence-electron chi connectivity index (χ2n) is 11.6. The Morgan fingerprint density at radius 1 is 0.848 bits per heavy atom. The van der Waals surface area contributed by atoms with Gasteiger partial charge >= 0.3 is 6.03 Å². The topological polar surface area (TPSA) is 94.1 Å². The highest BCUT2D eigenvalue weighted by Crippen LogP contribution is 2.40. The summed E-state index contributed by atoms with van der Waals surface area (Å²) in [6.07, 6.45) is 2.51. The van der Waals surface area contributed by atoms with Gasteiger partial charge in [0, 0.05) is 42.5 Å². The number of phenolic OH excluding ortho intramolecular Hbond substituents is 1. The lowest BCUT2D eigenvalue weighted by Gasteiger charge is -2.27. The van der Waals surface area contributed by atoms with E-state index in [1.165, 1.54) is 0 Å². The number of unbranched alkanes of at least 4 members (excludes halogenated alkanes) is 1. The van der Waals surface area contributed by atoms with Gasteiger partial charge in [0.1, 0.15) is 11.5 Å². The van der Waals surface area contributed by atoms with E-state index in [0.717, 1.165) is 49.2 Å². The van der Waals surface area contributed by atoms with Crippen LogP contribution in [0, 0.1) is 13.8 Å². The van der Waals surface area contributed by atoms with Crippen LogP contribution in [0.3, 0.4) is 0 Å². The number of urea groups is 1. The molecule has 0 aliphatic rings. The highest BCUT2D eigenvalue weighted by molar-refractivity contribution is 6.13. The largest absolute Gasteiger partial charge is 0.506 e. The van der Waals surface area contributed by atoms with Gasteiger partial charge in [-0.15, -0.1) is 0 Å². The molecule has 244 valence electrons. The molecule has 0 heterocycles. The molecule has 4 aromatic rings. The van der Waals surface area contributed by atoms with Crippen molar-refractivity contribution >= 4 is 39.8 Å². The third-order valence-corrected chi connectivity index (χ3v) is 8.17. The third-order valence-electron chi connectivity index (χ3n) is 8.17. The van der Waals surface area contributed by atoms with Gasteiger partial charge in [-0.25, -0.2) is 4.79 Å². The van der Waals surface area contributed by atoms with Gasteiger partial charge in [0.15, 0.2) is 6.23 Å². The lowest BCUT2D eigenvalue weighted by Crippen LogP contribution is -2.40. The summed E-state index contributed by atoms with van der Waals surface area (Å²) in [5.41, 5.74) is 4.36. The van der Waals surface area contributed by atoms with Crippen LogP contribution in [0.1, 0.15) is 74.9 Å². The average molecular weight is 625 g/mol. The molecule has 0 saturated carbocycles. The first kappa shape index (κ1) is 34.2. The molecular weight excluding hydrogens is 576 g/mol. The van der Waals surface area contributed by atoms with E-state index >= 15 is 0 Å². The van der Waals surface area contributed by atoms with Crippen LogP contribution in [0.4, 0.5) is 21.9 Å². The van der Waals surface area contributed by atoms with Gasteiger partial charge in [-0.05, 0) is 76.1 Å². The summed E-state index contributed by atoms with van der Waals surface area (Å²) in [5, 5.41) is 18.6. The summed E-state index contributed by atoms with van der Waals surface area (Å²) < 4.78 is 6.26. The molecule has 8 heteroatoms. The Hall–Kier alpha value is -4.72. The molecule has 8 nitrogen and oxygen atoms in total. The van der Waals surface area contributed by atoms with E-state index < -0.39 is 12.1 Å². The molecular formula is C38H48N4O4. The van der Waals surface area contributed by atoms with Crippen LogP contribution < -0.4 is 25.2 Å². The van der Waals surface area contributed by atoms with Crippen molar-refractivity contribution in [1.29, 1.82) is 0 Å². The summed E-state index contributed by atoms with van der Waals surface area (Å²) in [6, 6.07) is 22.3. The van der Waals surface area contributed by atoms with Gasteiger partial charge in [-0.3, -0.25) is 9.69 Å². The summed E-state index contributed by atoms with van der Waals surface area (Å²) in [7, 11) is 0. The van der Waals surface area contributed by atoms with Crippen LogP contribution in [0.5, 0.6) is 11.5 Å². The maximum Gasteiger partial charge on any atom is 0.326 e. The van der Waals surface area contributed by atoms with Gasteiger partial charge in [0.2, 0.25) is 0 Å². The monoisotopic (exact) mass is 624 g/mol. The Bertz CT molecular complexity index is 1630. The summed E-state index contributed by atoms with van der Waals surface area (Å²) >= 11 is 0. The van der Waals surface area contributed by atoms with E-state index in [1.54, 1.807) is 23.1 Å². The number of anilines is 3. The van der Waals surface area contributed by atoms with Crippen molar-refractivity contribution in [3.63, 3.8) is 0 Å². The molecule has 0 aromatic heterocycles. The first-order valence-electron chi connectivity index (χ1n) is 16.4. The van der Waals surface area contributed by atoms with Crippen LogP contribution in [0.2, 0.25) is 0 Å². The number of rotatable bonds is 14. The minimum absolute atomic E-state index is 0.0603. The lowest BCUT2D eigenvalue weighted by molar-refractivity contribution is 0.0810. The predicted molar refractivity (Wildman–Crippen MR) is 189 cm³/mol. The first-order valence-corrected chi connectivity index (χ1v) is 16.4. The van der Waals surface area contributed by atoms with Gasteiger partial charge in [0.25, 0.3) is 5.91 Å². The highest BCUT2D eigenvalue weighted by atomic mass is 16.5. The van der Waals surface area contributed by atoms with Crippen molar-refractivity contribution in [3.05, 3.63) is 89.5 Å². The summed E-state index contributed by atoms with van der Waals surface area (Å²) in [4.78, 5) is 31.7. The number of benzene rings is 4. The SMILES string of the molecule is CCCCNC(=O)N(c1ccc(N(CC)CC)cc1)c1cc(C(=O)NC(CCC)Oc2ccc(C)cc2C)c(O)c2ccccc12. The minimum Gasteiger partial charge on any atom is -0.506 e. The van der Waals surface area contributed by atoms with E-state index in [2.05, 4.69) is 36.3 Å². The molecule has 1 unspecified atom stereocenters. The number of amides is 3. The lowest BCUT2D eigenvalue weighted by atomic mass is 10.0. The van der Waals surface area contributed by atoms with Crippen LogP contribution in [-0.4, -0.2) is 42.9 Å². The number of hydrogen-bond donors (Lipinski definition) is 3. The number of aryl methyl sites for hydroxylation is 2. The van der Waals surface area contributed by atoms with Crippen LogP contribution in [-0.2, 0) is 0 Å². The molecule has 0 aliphatic heterocycles. The predicted octanol–water partition coefficient (Wildman–Crippen LogP) is 8.59. The number of fused-ring (bicyclic) bond motifs is 1. The Morgan fingerprint density at radius 2 is 1.52 bits per heavy atom. The standard InChI is InChI=1S/C38H48N4O4/c1-7-11-23-39-38(45)42(29-20-18-28(19-21-29)41(9-3)10-4)33-25-32(36(43)31-16-13-12-15-30(31)33)37(44)40-35(14-8-2)46-34-22-17-26(5)24-27(34)6/h12-13,15-22,24-25,35,43H,7-11,14,23H2,1-6H3,(H,39,45)(H,40,44). The Kier molecular flexibility index (Phi) is 11.9. The molecule has 0 fully saturated rings. The molecule has 0 saturated heterocycles. The molecule has 1 atom stereocenters. The molecule has 3 N–H and O–H groups in total. The number of carbonyl (C=O) groups is 2. The number of ether oxygens (including phenoxy) is 1. The maximum atomic E-state index is 13.9. The average Bonchev–Trinajstić information content (AvgIpc) is 3.05. The van der Waals surface area contributed by atoms with Gasteiger partial charge < -0.3 is 25.4 Å². The van der Waals surface area contributed by atoms with E-state index in [9.17, 15) is 14.7 Å². The fraction of sp³-hybridized carbons (Fsp3) is 0.368. The number of phenols is 1. The number of hydrogen-bond acceptors (Lipinski definition) is 5. The molecule has 0 bridgehead atoms. The van der Waals surface area contributed by atoms with Gasteiger partial charge in [-0.2, -0.15) is 0 Å². The van der Waals surface area contributed by atoms with Gasteiger partial charge in [-0.1, -0.05) is 68.7 Å². The van der Waals surface area contributed by atoms with E-state index in [0.29, 0.717) is 40.9 Å². The first-order chi connectivity index (χ1) is 22.2. The number of carbonyl (C=O) groups excluding carboxylic acids is 2. The van der Waals surface area contributed by atoms with Crippen molar-refractivity contribution in [2.24, 2.45) is 0 Å². The van der Waals surface area contributed by atoms with Crippen molar-refractivity contribution in [2.45, 2.75) is 73.5 Å². The van der Waals surface area contributed by atoms with Crippen molar-refractivity contribution in [3.8, 4) is 11.5 Å². The number of aromatic hydroxyl groups is 1. The molecule has 3 amide bonds. The smallest absolute Gasteiger partial charge is 0.326 e. The second kappa shape index (κ2) is 16.0. The van der Waals surface area contributed by atoms with Crippen LogP contribution >= 0.6 is 0 Å². The highest BCUT2D eigenvalue weighted by Gasteiger charge is 2.26. The second-order valence-corrected chi connectivity index (χ2v) is 11.6. The van der Waals surface area contributed by atoms with Crippen molar-refractivity contribution < 1.29 is 19.4 Å².